The minimum atomic E-state index is -0.405. The first-order valence-electron chi connectivity index (χ1n) is 9.06. The molecule has 2 aromatic rings. The number of amides is 2. The minimum Gasteiger partial charge on any atom is -0.366 e. The summed E-state index contributed by atoms with van der Waals surface area (Å²) >= 11 is 18.4. The molecule has 0 bridgehead atoms. The van der Waals surface area contributed by atoms with Gasteiger partial charge in [-0.2, -0.15) is 0 Å². The molecular formula is C21H17Cl3N2O2. The number of benzene rings is 2. The molecule has 0 saturated carbocycles. The fourth-order valence-corrected chi connectivity index (χ4v) is 4.18. The van der Waals surface area contributed by atoms with Crippen LogP contribution in [0.1, 0.15) is 24.8 Å². The molecule has 1 fully saturated rings. The Balaban J connectivity index is 1.85. The maximum atomic E-state index is 13.4. The van der Waals surface area contributed by atoms with Gasteiger partial charge in [-0.15, -0.1) is 0 Å². The second kappa shape index (κ2) is 7.78. The van der Waals surface area contributed by atoms with Gasteiger partial charge in [0.2, 0.25) is 0 Å². The molecule has 2 amide bonds. The van der Waals surface area contributed by atoms with Crippen LogP contribution in [-0.4, -0.2) is 29.8 Å². The van der Waals surface area contributed by atoms with Gasteiger partial charge in [-0.25, -0.2) is 4.90 Å². The maximum Gasteiger partial charge on any atom is 0.282 e. The van der Waals surface area contributed by atoms with Gasteiger partial charge >= 0.3 is 0 Å². The lowest BCUT2D eigenvalue weighted by atomic mass is 10.0. The molecule has 0 aromatic heterocycles. The van der Waals surface area contributed by atoms with Crippen LogP contribution in [0.2, 0.25) is 15.1 Å². The molecule has 0 radical (unpaired) electrons. The van der Waals surface area contributed by atoms with Gasteiger partial charge in [0.25, 0.3) is 11.8 Å². The standard InChI is InChI=1S/C21H17Cl3N2O2/c22-14-6-4-13(5-7-14)18-19(25-10-2-1-3-11-25)21(28)26(20(18)27)17-12-15(23)8-9-16(17)24/h4-9,12H,1-3,10-11H2. The van der Waals surface area contributed by atoms with Crippen LogP contribution < -0.4 is 4.90 Å². The summed E-state index contributed by atoms with van der Waals surface area (Å²) in [6.07, 6.45) is 3.08. The zero-order valence-electron chi connectivity index (χ0n) is 14.9. The van der Waals surface area contributed by atoms with Gasteiger partial charge in [0.1, 0.15) is 5.70 Å². The van der Waals surface area contributed by atoms with E-state index in [0.717, 1.165) is 37.3 Å². The molecule has 2 aliphatic heterocycles. The Morgan fingerprint density at radius 2 is 1.39 bits per heavy atom. The number of likely N-dealkylation sites (tertiary alicyclic amines) is 1. The summed E-state index contributed by atoms with van der Waals surface area (Å²) in [5, 5.41) is 1.26. The fraction of sp³-hybridized carbons (Fsp3) is 0.238. The predicted octanol–water partition coefficient (Wildman–Crippen LogP) is 5.42. The Hall–Kier alpha value is -2.01. The highest BCUT2D eigenvalue weighted by molar-refractivity contribution is 6.47. The Kier molecular flexibility index (Phi) is 5.37. The third-order valence-corrected chi connectivity index (χ3v) is 5.82. The average molecular weight is 436 g/mol. The first-order valence-corrected chi connectivity index (χ1v) is 10.2. The molecular weight excluding hydrogens is 419 g/mol. The van der Waals surface area contributed by atoms with Gasteiger partial charge < -0.3 is 4.90 Å². The fourth-order valence-electron chi connectivity index (χ4n) is 3.68. The lowest BCUT2D eigenvalue weighted by molar-refractivity contribution is -0.120. The second-order valence-corrected chi connectivity index (χ2v) is 8.10. The van der Waals surface area contributed by atoms with Crippen molar-refractivity contribution in [2.45, 2.75) is 19.3 Å². The molecule has 0 N–H and O–H groups in total. The van der Waals surface area contributed by atoms with Gasteiger partial charge in [0, 0.05) is 23.1 Å². The van der Waals surface area contributed by atoms with E-state index in [1.807, 2.05) is 4.90 Å². The smallest absolute Gasteiger partial charge is 0.282 e. The van der Waals surface area contributed by atoms with Crippen molar-refractivity contribution in [2.75, 3.05) is 18.0 Å². The number of piperidine rings is 1. The van der Waals surface area contributed by atoms with Crippen molar-refractivity contribution in [1.29, 1.82) is 0 Å². The van der Waals surface area contributed by atoms with Crippen LogP contribution in [0.4, 0.5) is 5.69 Å². The number of hydrogen-bond donors (Lipinski definition) is 0. The predicted molar refractivity (Wildman–Crippen MR) is 113 cm³/mol. The van der Waals surface area contributed by atoms with E-state index in [4.69, 9.17) is 34.8 Å². The van der Waals surface area contributed by atoms with Crippen molar-refractivity contribution in [3.8, 4) is 0 Å². The molecule has 144 valence electrons. The number of imide groups is 1. The zero-order valence-corrected chi connectivity index (χ0v) is 17.2. The van der Waals surface area contributed by atoms with Gasteiger partial charge in [-0.1, -0.05) is 46.9 Å². The second-order valence-electron chi connectivity index (χ2n) is 6.82. The quantitative estimate of drug-likeness (QED) is 0.605. The van der Waals surface area contributed by atoms with E-state index in [9.17, 15) is 9.59 Å². The molecule has 2 aliphatic rings. The Morgan fingerprint density at radius 1 is 0.750 bits per heavy atom. The largest absolute Gasteiger partial charge is 0.366 e. The van der Waals surface area contributed by atoms with Gasteiger partial charge in [-0.3, -0.25) is 9.59 Å². The first kappa shape index (κ1) is 19.3. The molecule has 0 unspecified atom stereocenters. The van der Waals surface area contributed by atoms with E-state index in [0.29, 0.717) is 37.6 Å². The van der Waals surface area contributed by atoms with Crippen molar-refractivity contribution in [3.05, 3.63) is 68.8 Å². The number of nitrogens with zero attached hydrogens (tertiary/aromatic N) is 2. The van der Waals surface area contributed by atoms with Crippen molar-refractivity contribution in [1.82, 2.24) is 4.90 Å². The monoisotopic (exact) mass is 434 g/mol. The number of rotatable bonds is 3. The van der Waals surface area contributed by atoms with Crippen LogP contribution in [0.25, 0.3) is 5.57 Å². The van der Waals surface area contributed by atoms with Crippen LogP contribution in [-0.2, 0) is 9.59 Å². The van der Waals surface area contributed by atoms with E-state index in [1.54, 1.807) is 36.4 Å². The summed E-state index contributed by atoms with van der Waals surface area (Å²) in [5.41, 5.74) is 1.74. The maximum absolute atomic E-state index is 13.4. The Bertz CT molecular complexity index is 980. The summed E-state index contributed by atoms with van der Waals surface area (Å²) in [5.74, 6) is -0.780. The highest BCUT2D eigenvalue weighted by atomic mass is 35.5. The van der Waals surface area contributed by atoms with Crippen LogP contribution >= 0.6 is 34.8 Å². The number of halogens is 3. The number of carbonyl (C=O) groups excluding carboxylic acids is 2. The van der Waals surface area contributed by atoms with Crippen molar-refractivity contribution < 1.29 is 9.59 Å². The van der Waals surface area contributed by atoms with Crippen molar-refractivity contribution >= 4 is 57.9 Å². The third kappa shape index (κ3) is 3.41. The number of anilines is 1. The van der Waals surface area contributed by atoms with Crippen molar-refractivity contribution in [2.24, 2.45) is 0 Å². The highest BCUT2D eigenvalue weighted by Gasteiger charge is 2.43. The summed E-state index contributed by atoms with van der Waals surface area (Å²) in [6.45, 7) is 1.48. The molecule has 2 heterocycles. The van der Waals surface area contributed by atoms with Crippen LogP contribution in [0.5, 0.6) is 0 Å². The van der Waals surface area contributed by atoms with E-state index in [1.165, 1.54) is 6.07 Å². The molecule has 0 aliphatic carbocycles. The average Bonchev–Trinajstić information content (AvgIpc) is 2.95. The van der Waals surface area contributed by atoms with Gasteiger partial charge in [0.05, 0.1) is 16.3 Å². The number of hydrogen-bond acceptors (Lipinski definition) is 3. The first-order chi connectivity index (χ1) is 13.5. The van der Waals surface area contributed by atoms with E-state index < -0.39 is 5.91 Å². The summed E-state index contributed by atoms with van der Waals surface area (Å²) in [4.78, 5) is 29.9. The number of carbonyl (C=O) groups is 2. The van der Waals surface area contributed by atoms with Crippen molar-refractivity contribution in [3.63, 3.8) is 0 Å². The summed E-state index contributed by atoms with van der Waals surface area (Å²) in [7, 11) is 0. The molecule has 2 aromatic carbocycles. The molecule has 0 atom stereocenters. The molecule has 7 heteroatoms. The van der Waals surface area contributed by atoms with Crippen LogP contribution in [0, 0.1) is 0 Å². The Labute approximate surface area is 178 Å². The van der Waals surface area contributed by atoms with Gasteiger partial charge in [0.15, 0.2) is 0 Å². The van der Waals surface area contributed by atoms with Gasteiger partial charge in [-0.05, 0) is 55.2 Å². The van der Waals surface area contributed by atoms with Crippen LogP contribution in [0.15, 0.2) is 48.2 Å². The Morgan fingerprint density at radius 3 is 2.07 bits per heavy atom. The lowest BCUT2D eigenvalue weighted by Crippen LogP contribution is -2.37. The normalized spacial score (nSPS) is 17.7. The SMILES string of the molecule is O=C1C(c2ccc(Cl)cc2)=C(N2CCCCC2)C(=O)N1c1cc(Cl)ccc1Cl. The summed E-state index contributed by atoms with van der Waals surface area (Å²) < 4.78 is 0. The summed E-state index contributed by atoms with van der Waals surface area (Å²) in [6, 6.07) is 11.7. The van der Waals surface area contributed by atoms with E-state index in [2.05, 4.69) is 0 Å². The topological polar surface area (TPSA) is 40.6 Å². The van der Waals surface area contributed by atoms with Crippen LogP contribution in [0.3, 0.4) is 0 Å². The molecule has 4 rings (SSSR count). The molecule has 1 saturated heterocycles. The molecule has 4 nitrogen and oxygen atoms in total. The highest BCUT2D eigenvalue weighted by Crippen LogP contribution is 2.39. The van der Waals surface area contributed by atoms with E-state index >= 15 is 0 Å². The zero-order chi connectivity index (χ0) is 19.8. The molecule has 28 heavy (non-hydrogen) atoms. The minimum absolute atomic E-state index is 0.293. The van der Waals surface area contributed by atoms with E-state index in [-0.39, 0.29) is 5.91 Å². The lowest BCUT2D eigenvalue weighted by Gasteiger charge is -2.29. The molecule has 0 spiro atoms. The third-order valence-electron chi connectivity index (χ3n) is 5.01.